The summed E-state index contributed by atoms with van der Waals surface area (Å²) in [5, 5.41) is 4.16. The Morgan fingerprint density at radius 1 is 1.50 bits per heavy atom. The summed E-state index contributed by atoms with van der Waals surface area (Å²) in [6.45, 7) is 0.773. The third-order valence-electron chi connectivity index (χ3n) is 2.33. The molecule has 0 bridgehead atoms. The average molecular weight is 238 g/mol. The maximum atomic E-state index is 11.7. The second kappa shape index (κ2) is 4.63. The van der Waals surface area contributed by atoms with Crippen LogP contribution in [0.4, 0.5) is 0 Å². The molecule has 0 aliphatic heterocycles. The smallest absolute Gasteiger partial charge is 0.258 e. The van der Waals surface area contributed by atoms with Crippen LogP contribution in [0.3, 0.4) is 0 Å². The molecule has 0 fully saturated rings. The molecule has 0 saturated heterocycles. The fourth-order valence-electron chi connectivity index (χ4n) is 1.52. The predicted octanol–water partition coefficient (Wildman–Crippen LogP) is 1.34. The van der Waals surface area contributed by atoms with Crippen molar-refractivity contribution in [2.75, 3.05) is 13.6 Å². The van der Waals surface area contributed by atoms with Crippen molar-refractivity contribution in [3.63, 3.8) is 0 Å². The number of aromatic amines is 1. The Morgan fingerprint density at radius 3 is 3.06 bits per heavy atom. The van der Waals surface area contributed by atoms with Crippen LogP contribution in [0.1, 0.15) is 5.82 Å². The molecule has 16 heavy (non-hydrogen) atoms. The van der Waals surface area contributed by atoms with Crippen LogP contribution in [0.15, 0.2) is 23.0 Å². The van der Waals surface area contributed by atoms with Gasteiger partial charge in [0.25, 0.3) is 5.56 Å². The van der Waals surface area contributed by atoms with Crippen LogP contribution in [0.25, 0.3) is 10.9 Å². The van der Waals surface area contributed by atoms with Gasteiger partial charge in [-0.3, -0.25) is 4.79 Å². The fraction of sp³-hybridized carbons (Fsp3) is 0.273. The number of fused-ring (bicyclic) bond motifs is 1. The summed E-state index contributed by atoms with van der Waals surface area (Å²) in [7, 11) is 1.86. The third kappa shape index (κ3) is 2.23. The number of halogens is 1. The summed E-state index contributed by atoms with van der Waals surface area (Å²) in [5.74, 6) is 0.675. The van der Waals surface area contributed by atoms with Gasteiger partial charge in [0.1, 0.15) is 5.82 Å². The fourth-order valence-corrected chi connectivity index (χ4v) is 1.69. The van der Waals surface area contributed by atoms with Gasteiger partial charge in [-0.1, -0.05) is 11.6 Å². The number of nitrogens with one attached hydrogen (secondary N) is 2. The van der Waals surface area contributed by atoms with Crippen molar-refractivity contribution >= 4 is 22.5 Å². The minimum Gasteiger partial charge on any atom is -0.319 e. The van der Waals surface area contributed by atoms with Crippen LogP contribution < -0.4 is 10.9 Å². The molecule has 0 aliphatic rings. The lowest BCUT2D eigenvalue weighted by Crippen LogP contribution is -2.17. The Labute approximate surface area is 97.7 Å². The molecule has 0 spiro atoms. The van der Waals surface area contributed by atoms with Gasteiger partial charge < -0.3 is 10.3 Å². The van der Waals surface area contributed by atoms with Gasteiger partial charge in [-0.2, -0.15) is 0 Å². The SMILES string of the molecule is CNCCc1nc2cc(Cl)ccc2c(=O)[nH]1. The first-order valence-corrected chi connectivity index (χ1v) is 5.41. The number of hydrogen-bond acceptors (Lipinski definition) is 3. The lowest BCUT2D eigenvalue weighted by molar-refractivity contribution is 0.756. The molecule has 1 aromatic heterocycles. The molecule has 4 nitrogen and oxygen atoms in total. The molecule has 1 aromatic carbocycles. The van der Waals surface area contributed by atoms with Crippen LogP contribution in [0, 0.1) is 0 Å². The van der Waals surface area contributed by atoms with E-state index in [1.165, 1.54) is 0 Å². The highest BCUT2D eigenvalue weighted by Crippen LogP contribution is 2.14. The number of H-pyrrole nitrogens is 1. The molecular weight excluding hydrogens is 226 g/mol. The summed E-state index contributed by atoms with van der Waals surface area (Å²) >= 11 is 5.86. The second-order valence-corrected chi connectivity index (χ2v) is 3.96. The maximum Gasteiger partial charge on any atom is 0.258 e. The van der Waals surface area contributed by atoms with E-state index in [-0.39, 0.29) is 5.56 Å². The van der Waals surface area contributed by atoms with Gasteiger partial charge in [-0.15, -0.1) is 0 Å². The summed E-state index contributed by atoms with van der Waals surface area (Å²) in [6, 6.07) is 5.08. The number of rotatable bonds is 3. The molecule has 2 N–H and O–H groups in total. The van der Waals surface area contributed by atoms with E-state index in [1.54, 1.807) is 18.2 Å². The highest BCUT2D eigenvalue weighted by Gasteiger charge is 2.03. The molecule has 0 aliphatic carbocycles. The Balaban J connectivity index is 2.52. The van der Waals surface area contributed by atoms with Crippen LogP contribution in [0.2, 0.25) is 5.02 Å². The molecule has 5 heteroatoms. The monoisotopic (exact) mass is 237 g/mol. The lowest BCUT2D eigenvalue weighted by atomic mass is 10.2. The molecule has 0 saturated carbocycles. The standard InChI is InChI=1S/C11H12ClN3O/c1-13-5-4-10-14-9-6-7(12)2-3-8(9)11(16)15-10/h2-3,6,13H,4-5H2,1H3,(H,14,15,16). The zero-order chi connectivity index (χ0) is 11.5. The molecule has 84 valence electrons. The van der Waals surface area contributed by atoms with Crippen LogP contribution in [-0.4, -0.2) is 23.6 Å². The quantitative estimate of drug-likeness (QED) is 0.847. The summed E-state index contributed by atoms with van der Waals surface area (Å²) in [5.41, 5.74) is 0.523. The molecule has 0 amide bonds. The first kappa shape index (κ1) is 11.1. The lowest BCUT2D eigenvalue weighted by Gasteiger charge is -2.02. The van der Waals surface area contributed by atoms with E-state index < -0.39 is 0 Å². The molecule has 2 aromatic rings. The summed E-state index contributed by atoms with van der Waals surface area (Å²) in [4.78, 5) is 18.8. The molecule has 2 rings (SSSR count). The Kier molecular flexibility index (Phi) is 3.22. The Bertz CT molecular complexity index is 565. The van der Waals surface area contributed by atoms with E-state index in [1.807, 2.05) is 7.05 Å². The predicted molar refractivity (Wildman–Crippen MR) is 65.0 cm³/mol. The van der Waals surface area contributed by atoms with E-state index in [0.29, 0.717) is 28.2 Å². The van der Waals surface area contributed by atoms with Gasteiger partial charge in [-0.05, 0) is 25.2 Å². The number of nitrogens with zero attached hydrogens (tertiary/aromatic N) is 1. The molecule has 0 unspecified atom stereocenters. The van der Waals surface area contributed by atoms with Gasteiger partial charge in [0.15, 0.2) is 0 Å². The zero-order valence-corrected chi connectivity index (χ0v) is 9.64. The summed E-state index contributed by atoms with van der Waals surface area (Å²) in [6.07, 6.45) is 0.689. The van der Waals surface area contributed by atoms with Gasteiger partial charge in [0.05, 0.1) is 10.9 Å². The summed E-state index contributed by atoms with van der Waals surface area (Å²) < 4.78 is 0. The Hall–Kier alpha value is -1.39. The average Bonchev–Trinajstić information content (AvgIpc) is 2.25. The van der Waals surface area contributed by atoms with Gasteiger partial charge in [0, 0.05) is 18.0 Å². The van der Waals surface area contributed by atoms with Gasteiger partial charge >= 0.3 is 0 Å². The maximum absolute atomic E-state index is 11.7. The third-order valence-corrected chi connectivity index (χ3v) is 2.56. The topological polar surface area (TPSA) is 57.8 Å². The number of benzene rings is 1. The van der Waals surface area contributed by atoms with Crippen LogP contribution in [-0.2, 0) is 6.42 Å². The van der Waals surface area contributed by atoms with Crippen LogP contribution in [0.5, 0.6) is 0 Å². The van der Waals surface area contributed by atoms with Crippen molar-refractivity contribution in [3.8, 4) is 0 Å². The van der Waals surface area contributed by atoms with Crippen LogP contribution >= 0.6 is 11.6 Å². The Morgan fingerprint density at radius 2 is 2.31 bits per heavy atom. The molecular formula is C11H12ClN3O. The number of likely N-dealkylation sites (N-methyl/N-ethyl adjacent to an activating group) is 1. The second-order valence-electron chi connectivity index (χ2n) is 3.53. The van der Waals surface area contributed by atoms with Crippen molar-refractivity contribution in [1.29, 1.82) is 0 Å². The normalized spacial score (nSPS) is 10.9. The minimum absolute atomic E-state index is 0.118. The van der Waals surface area contributed by atoms with Crippen molar-refractivity contribution in [2.24, 2.45) is 0 Å². The van der Waals surface area contributed by atoms with Crippen molar-refractivity contribution in [2.45, 2.75) is 6.42 Å². The minimum atomic E-state index is -0.118. The van der Waals surface area contributed by atoms with E-state index in [4.69, 9.17) is 11.6 Å². The highest BCUT2D eigenvalue weighted by atomic mass is 35.5. The number of aromatic nitrogens is 2. The van der Waals surface area contributed by atoms with Gasteiger partial charge in [0.2, 0.25) is 0 Å². The first-order chi connectivity index (χ1) is 7.70. The zero-order valence-electron chi connectivity index (χ0n) is 8.88. The van der Waals surface area contributed by atoms with E-state index in [9.17, 15) is 4.79 Å². The molecule has 0 atom stereocenters. The molecule has 1 heterocycles. The van der Waals surface area contributed by atoms with E-state index in [2.05, 4.69) is 15.3 Å². The molecule has 0 radical (unpaired) electrons. The van der Waals surface area contributed by atoms with Crippen molar-refractivity contribution in [1.82, 2.24) is 15.3 Å². The van der Waals surface area contributed by atoms with Gasteiger partial charge in [-0.25, -0.2) is 4.98 Å². The largest absolute Gasteiger partial charge is 0.319 e. The van der Waals surface area contributed by atoms with E-state index in [0.717, 1.165) is 6.54 Å². The highest BCUT2D eigenvalue weighted by molar-refractivity contribution is 6.31. The van der Waals surface area contributed by atoms with E-state index >= 15 is 0 Å². The first-order valence-electron chi connectivity index (χ1n) is 5.04. The van der Waals surface area contributed by atoms with Crippen molar-refractivity contribution < 1.29 is 0 Å². The van der Waals surface area contributed by atoms with Crippen molar-refractivity contribution in [3.05, 3.63) is 39.4 Å². The number of hydrogen-bond donors (Lipinski definition) is 2.